The molecule has 2 aromatic carbocycles. The molecule has 6 heteroatoms. The van der Waals surface area contributed by atoms with Crippen molar-refractivity contribution in [1.82, 2.24) is 0 Å². The van der Waals surface area contributed by atoms with Gasteiger partial charge in [0.15, 0.2) is 0 Å². The zero-order valence-corrected chi connectivity index (χ0v) is 14.8. The number of nitrogens with zero attached hydrogens (tertiary/aromatic N) is 1. The van der Waals surface area contributed by atoms with Crippen molar-refractivity contribution in [3.8, 4) is 5.75 Å². The van der Waals surface area contributed by atoms with E-state index in [1.165, 1.54) is 7.11 Å². The number of rotatable bonds is 4. The van der Waals surface area contributed by atoms with Crippen LogP contribution < -0.4 is 10.1 Å². The van der Waals surface area contributed by atoms with Gasteiger partial charge in [-0.2, -0.15) is 0 Å². The molecule has 0 saturated carbocycles. The smallest absolute Gasteiger partial charge is 0.307 e. The summed E-state index contributed by atoms with van der Waals surface area (Å²) in [6.07, 6.45) is 0.214. The molecule has 0 amide bonds. The minimum absolute atomic E-state index is 0.214. The number of nitrogens with one attached hydrogen (secondary N) is 1. The average molecular weight is 359 g/mol. The summed E-state index contributed by atoms with van der Waals surface area (Å²) in [6.45, 7) is 0.547. The quantitative estimate of drug-likeness (QED) is 0.849. The molecule has 0 radical (unpaired) electrons. The maximum Gasteiger partial charge on any atom is 0.307 e. The number of hydrogen-bond acceptors (Lipinski definition) is 5. The summed E-state index contributed by atoms with van der Waals surface area (Å²) >= 11 is 6.01. The predicted molar refractivity (Wildman–Crippen MR) is 99.0 cm³/mol. The predicted octanol–water partition coefficient (Wildman–Crippen LogP) is 3.54. The summed E-state index contributed by atoms with van der Waals surface area (Å²) in [4.78, 5) is 16.5. The van der Waals surface area contributed by atoms with Gasteiger partial charge in [0.2, 0.25) is 0 Å². The number of methoxy groups -OCH3 is 2. The number of benzene rings is 2. The molecule has 3 rings (SSSR count). The van der Waals surface area contributed by atoms with Crippen LogP contribution in [0.15, 0.2) is 47.5 Å². The molecule has 1 aliphatic rings. The lowest BCUT2D eigenvalue weighted by molar-refractivity contribution is -0.140. The van der Waals surface area contributed by atoms with Crippen molar-refractivity contribution in [2.24, 2.45) is 4.99 Å². The van der Waals surface area contributed by atoms with Crippen LogP contribution in [-0.4, -0.2) is 38.5 Å². The molecule has 0 saturated heterocycles. The van der Waals surface area contributed by atoms with Crippen LogP contribution >= 0.6 is 11.6 Å². The third-order valence-electron chi connectivity index (χ3n) is 4.07. The van der Waals surface area contributed by atoms with E-state index in [9.17, 15) is 4.79 Å². The van der Waals surface area contributed by atoms with Crippen LogP contribution in [0.5, 0.6) is 5.75 Å². The minimum Gasteiger partial charge on any atom is -0.497 e. The fourth-order valence-corrected chi connectivity index (χ4v) is 2.88. The molecule has 0 aromatic heterocycles. The summed E-state index contributed by atoms with van der Waals surface area (Å²) in [5.41, 5.74) is 3.60. The number of halogens is 1. The maximum absolute atomic E-state index is 11.7. The highest BCUT2D eigenvalue weighted by Crippen LogP contribution is 2.28. The average Bonchev–Trinajstić information content (AvgIpc) is 2.81. The van der Waals surface area contributed by atoms with Crippen LogP contribution in [0.25, 0.3) is 0 Å². The number of benzodiazepines with no additional fused rings is 1. The van der Waals surface area contributed by atoms with Gasteiger partial charge in [-0.3, -0.25) is 9.79 Å². The van der Waals surface area contributed by atoms with Gasteiger partial charge < -0.3 is 14.8 Å². The Labute approximate surface area is 151 Å². The van der Waals surface area contributed by atoms with Gasteiger partial charge in [-0.05, 0) is 30.3 Å². The van der Waals surface area contributed by atoms with Gasteiger partial charge in [-0.1, -0.05) is 23.7 Å². The van der Waals surface area contributed by atoms with Gasteiger partial charge in [-0.15, -0.1) is 0 Å². The molecule has 1 heterocycles. The fourth-order valence-electron chi connectivity index (χ4n) is 2.76. The van der Waals surface area contributed by atoms with Crippen molar-refractivity contribution in [2.45, 2.75) is 12.5 Å². The molecule has 0 aliphatic carbocycles. The third-order valence-corrected chi connectivity index (χ3v) is 4.32. The summed E-state index contributed by atoms with van der Waals surface area (Å²) in [7, 11) is 3.01. The van der Waals surface area contributed by atoms with E-state index in [-0.39, 0.29) is 18.4 Å². The van der Waals surface area contributed by atoms with Crippen LogP contribution in [-0.2, 0) is 9.53 Å². The zero-order valence-electron chi connectivity index (χ0n) is 14.1. The lowest BCUT2D eigenvalue weighted by Crippen LogP contribution is -2.21. The van der Waals surface area contributed by atoms with Crippen molar-refractivity contribution in [1.29, 1.82) is 0 Å². The standard InChI is InChI=1S/C19H19ClN2O3/c1-24-15-7-8-17-16(10-15)19(12-3-5-13(20)6-4-12)22-14(11-21-17)9-18(23)25-2/h3-8,10,14,21H,9,11H2,1-2H3/t14-/m0/s1. The zero-order chi connectivity index (χ0) is 17.8. The first kappa shape index (κ1) is 17.3. The normalized spacial score (nSPS) is 16.1. The number of fused-ring (bicyclic) bond motifs is 1. The Kier molecular flexibility index (Phi) is 5.24. The van der Waals surface area contributed by atoms with E-state index in [1.807, 2.05) is 42.5 Å². The van der Waals surface area contributed by atoms with Crippen LogP contribution in [0.2, 0.25) is 5.02 Å². The fraction of sp³-hybridized carbons (Fsp3) is 0.263. The number of hydrogen-bond donors (Lipinski definition) is 1. The molecule has 1 aliphatic heterocycles. The molecule has 130 valence electrons. The summed E-state index contributed by atoms with van der Waals surface area (Å²) in [6, 6.07) is 13.1. The van der Waals surface area contributed by atoms with Crippen LogP contribution in [0, 0.1) is 0 Å². The molecule has 5 nitrogen and oxygen atoms in total. The molecule has 0 unspecified atom stereocenters. The summed E-state index contributed by atoms with van der Waals surface area (Å²) in [5, 5.41) is 4.02. The number of ether oxygens (including phenoxy) is 2. The summed E-state index contributed by atoms with van der Waals surface area (Å²) < 4.78 is 10.1. The number of anilines is 1. The SMILES string of the molecule is COC(=O)C[C@H]1CNc2ccc(OC)cc2C(c2ccc(Cl)cc2)=N1. The second-order valence-corrected chi connectivity index (χ2v) is 6.15. The summed E-state index contributed by atoms with van der Waals surface area (Å²) in [5.74, 6) is 0.461. The van der Waals surface area contributed by atoms with Crippen LogP contribution in [0.1, 0.15) is 17.5 Å². The number of carbonyl (C=O) groups excluding carboxylic acids is 1. The Bertz CT molecular complexity index is 803. The second kappa shape index (κ2) is 7.57. The van der Waals surface area contributed by atoms with E-state index in [0.29, 0.717) is 11.6 Å². The highest BCUT2D eigenvalue weighted by Gasteiger charge is 2.22. The molecule has 25 heavy (non-hydrogen) atoms. The second-order valence-electron chi connectivity index (χ2n) is 5.71. The Balaban J connectivity index is 2.08. The number of esters is 1. The molecule has 1 atom stereocenters. The van der Waals surface area contributed by atoms with E-state index < -0.39 is 0 Å². The highest BCUT2D eigenvalue weighted by atomic mass is 35.5. The first-order valence-electron chi connectivity index (χ1n) is 7.93. The van der Waals surface area contributed by atoms with E-state index in [0.717, 1.165) is 28.3 Å². The topological polar surface area (TPSA) is 59.9 Å². The Morgan fingerprint density at radius 3 is 2.68 bits per heavy atom. The van der Waals surface area contributed by atoms with Gasteiger partial charge in [0, 0.05) is 28.4 Å². The van der Waals surface area contributed by atoms with Gasteiger partial charge in [0.25, 0.3) is 0 Å². The molecular formula is C19H19ClN2O3. The minimum atomic E-state index is -0.283. The van der Waals surface area contributed by atoms with Gasteiger partial charge in [0.1, 0.15) is 5.75 Å². The Morgan fingerprint density at radius 1 is 1.24 bits per heavy atom. The van der Waals surface area contributed by atoms with Crippen LogP contribution in [0.4, 0.5) is 5.69 Å². The van der Waals surface area contributed by atoms with Crippen molar-refractivity contribution in [3.05, 3.63) is 58.6 Å². The Morgan fingerprint density at radius 2 is 2.00 bits per heavy atom. The molecular weight excluding hydrogens is 340 g/mol. The van der Waals surface area contributed by atoms with E-state index >= 15 is 0 Å². The van der Waals surface area contributed by atoms with E-state index in [2.05, 4.69) is 5.32 Å². The number of aliphatic imine (C=N–C) groups is 1. The van der Waals surface area contributed by atoms with Gasteiger partial charge >= 0.3 is 5.97 Å². The van der Waals surface area contributed by atoms with E-state index in [1.54, 1.807) is 7.11 Å². The molecule has 2 aromatic rings. The highest BCUT2D eigenvalue weighted by molar-refractivity contribution is 6.30. The Hall–Kier alpha value is -2.53. The lowest BCUT2D eigenvalue weighted by atomic mass is 10.00. The largest absolute Gasteiger partial charge is 0.497 e. The lowest BCUT2D eigenvalue weighted by Gasteiger charge is -2.12. The monoisotopic (exact) mass is 358 g/mol. The molecule has 0 spiro atoms. The maximum atomic E-state index is 11.7. The van der Waals surface area contributed by atoms with Crippen LogP contribution in [0.3, 0.4) is 0 Å². The molecule has 1 N–H and O–H groups in total. The van der Waals surface area contributed by atoms with Crippen molar-refractivity contribution in [2.75, 3.05) is 26.1 Å². The number of carbonyl (C=O) groups is 1. The van der Waals surface area contributed by atoms with Crippen molar-refractivity contribution < 1.29 is 14.3 Å². The van der Waals surface area contributed by atoms with Gasteiger partial charge in [-0.25, -0.2) is 0 Å². The third kappa shape index (κ3) is 3.94. The first-order chi connectivity index (χ1) is 12.1. The molecule has 0 fully saturated rings. The molecule has 0 bridgehead atoms. The van der Waals surface area contributed by atoms with Crippen molar-refractivity contribution >= 4 is 29.0 Å². The van der Waals surface area contributed by atoms with E-state index in [4.69, 9.17) is 26.1 Å². The van der Waals surface area contributed by atoms with Crippen molar-refractivity contribution in [3.63, 3.8) is 0 Å². The first-order valence-corrected chi connectivity index (χ1v) is 8.31. The van der Waals surface area contributed by atoms with Gasteiger partial charge in [0.05, 0.1) is 32.4 Å².